The Labute approximate surface area is 199 Å². The van der Waals surface area contributed by atoms with Crippen molar-refractivity contribution in [1.82, 2.24) is 25.1 Å². The molecule has 3 aromatic heterocycles. The quantitative estimate of drug-likeness (QED) is 0.414. The second kappa shape index (κ2) is 11.3. The highest BCUT2D eigenvalue weighted by atomic mass is 19.4. The van der Waals surface area contributed by atoms with Gasteiger partial charge in [-0.3, -0.25) is 4.79 Å². The van der Waals surface area contributed by atoms with Gasteiger partial charge in [-0.2, -0.15) is 22.0 Å². The summed E-state index contributed by atoms with van der Waals surface area (Å²) in [6, 6.07) is 6.26. The minimum Gasteiger partial charge on any atom is -0.480 e. The zero-order valence-corrected chi connectivity index (χ0v) is 18.8. The molecule has 0 saturated carbocycles. The van der Waals surface area contributed by atoms with Crippen LogP contribution in [0.5, 0.6) is 5.88 Å². The number of carboxylic acid groups (broad SMARTS) is 1. The Hall–Kier alpha value is -4.50. The molecule has 0 radical (unpaired) electrons. The van der Waals surface area contributed by atoms with E-state index in [-0.39, 0.29) is 17.5 Å². The van der Waals surface area contributed by atoms with Crippen LogP contribution < -0.4 is 15.4 Å². The maximum absolute atomic E-state index is 13.6. The summed E-state index contributed by atoms with van der Waals surface area (Å²) in [6.07, 6.45) is -2.38. The largest absolute Gasteiger partial charge is 0.490 e. The summed E-state index contributed by atoms with van der Waals surface area (Å²) in [5, 5.41) is 20.6. The SMILES string of the molecule is COc1ccc(-c2cnc(NC(C)=O)cc2Nc2ccnc(C(C)(F)F)n2)nn1.O=C(O)C(F)(F)F. The standard InChI is InChI=1S/C18H17F2N7O2.C2HF3O2/c1-10(28)23-15-8-13(24-14-6-7-21-17(25-14)18(2,19)20)11(9-22-15)12-4-5-16(29-3)27-26-12;3-2(4,5)1(6)7/h4-9H,1-3H3,(H2,21,22,23,24,25,28);(H,6,7). The zero-order valence-electron chi connectivity index (χ0n) is 18.8. The van der Waals surface area contributed by atoms with Gasteiger partial charge < -0.3 is 20.5 Å². The third-order valence-electron chi connectivity index (χ3n) is 3.89. The van der Waals surface area contributed by atoms with Gasteiger partial charge in [0.05, 0.1) is 18.5 Å². The number of rotatable bonds is 6. The van der Waals surface area contributed by atoms with E-state index >= 15 is 0 Å². The number of nitrogens with zero attached hydrogens (tertiary/aromatic N) is 5. The molecule has 0 fully saturated rings. The first-order valence-electron chi connectivity index (χ1n) is 9.65. The Balaban J connectivity index is 0.000000572. The van der Waals surface area contributed by atoms with Crippen LogP contribution in [0, 0.1) is 0 Å². The van der Waals surface area contributed by atoms with E-state index in [1.54, 1.807) is 12.1 Å². The van der Waals surface area contributed by atoms with Gasteiger partial charge in [-0.05, 0) is 12.1 Å². The Kier molecular flexibility index (Phi) is 8.70. The van der Waals surface area contributed by atoms with Gasteiger partial charge in [-0.15, -0.1) is 10.2 Å². The van der Waals surface area contributed by atoms with Crippen LogP contribution in [0.4, 0.5) is 39.3 Å². The molecule has 3 rings (SSSR count). The number of aromatic nitrogens is 5. The molecule has 0 aliphatic heterocycles. The second-order valence-corrected chi connectivity index (χ2v) is 6.84. The van der Waals surface area contributed by atoms with Crippen LogP contribution in [-0.2, 0) is 15.5 Å². The molecule has 0 unspecified atom stereocenters. The van der Waals surface area contributed by atoms with E-state index < -0.39 is 23.9 Å². The van der Waals surface area contributed by atoms with Crippen LogP contribution in [-0.4, -0.2) is 55.4 Å². The molecule has 0 atom stereocenters. The van der Waals surface area contributed by atoms with E-state index in [1.807, 2.05) is 0 Å². The molecule has 0 spiro atoms. The topological polar surface area (TPSA) is 152 Å². The van der Waals surface area contributed by atoms with Crippen LogP contribution in [0.1, 0.15) is 19.7 Å². The van der Waals surface area contributed by atoms with Gasteiger partial charge >= 0.3 is 18.1 Å². The van der Waals surface area contributed by atoms with Crippen LogP contribution in [0.25, 0.3) is 11.3 Å². The summed E-state index contributed by atoms with van der Waals surface area (Å²) in [6.45, 7) is 2.06. The van der Waals surface area contributed by atoms with E-state index in [4.69, 9.17) is 14.6 Å². The number of anilines is 3. The molecule has 192 valence electrons. The molecule has 36 heavy (non-hydrogen) atoms. The number of carboxylic acids is 1. The number of carbonyl (C=O) groups is 2. The van der Waals surface area contributed by atoms with E-state index in [0.29, 0.717) is 29.7 Å². The van der Waals surface area contributed by atoms with Crippen LogP contribution in [0.2, 0.25) is 0 Å². The molecule has 11 nitrogen and oxygen atoms in total. The summed E-state index contributed by atoms with van der Waals surface area (Å²) in [4.78, 5) is 31.9. The lowest BCUT2D eigenvalue weighted by Crippen LogP contribution is -2.21. The number of amides is 1. The number of methoxy groups -OCH3 is 1. The number of nitrogens with one attached hydrogen (secondary N) is 2. The lowest BCUT2D eigenvalue weighted by molar-refractivity contribution is -0.192. The number of hydrogen-bond donors (Lipinski definition) is 3. The monoisotopic (exact) mass is 515 g/mol. The molecule has 16 heteroatoms. The fourth-order valence-electron chi connectivity index (χ4n) is 2.36. The minimum atomic E-state index is -5.08. The van der Waals surface area contributed by atoms with Crippen LogP contribution >= 0.6 is 0 Å². The molecule has 0 aliphatic carbocycles. The van der Waals surface area contributed by atoms with Gasteiger partial charge in [-0.1, -0.05) is 0 Å². The van der Waals surface area contributed by atoms with Gasteiger partial charge in [0.2, 0.25) is 17.6 Å². The first kappa shape index (κ1) is 27.7. The molecule has 0 aromatic carbocycles. The van der Waals surface area contributed by atoms with Gasteiger partial charge in [0.1, 0.15) is 11.6 Å². The number of halogens is 5. The summed E-state index contributed by atoms with van der Waals surface area (Å²) < 4.78 is 63.8. The third kappa shape index (κ3) is 8.07. The predicted octanol–water partition coefficient (Wildman–Crippen LogP) is 3.78. The summed E-state index contributed by atoms with van der Waals surface area (Å²) in [5.74, 6) is -6.15. The molecule has 1 amide bonds. The number of hydrogen-bond acceptors (Lipinski definition) is 9. The van der Waals surface area contributed by atoms with Gasteiger partial charge in [0, 0.05) is 43.9 Å². The van der Waals surface area contributed by atoms with Crippen molar-refractivity contribution in [3.63, 3.8) is 0 Å². The van der Waals surface area contributed by atoms with Gasteiger partial charge in [0.25, 0.3) is 0 Å². The Bertz CT molecular complexity index is 1220. The number of aliphatic carboxylic acids is 1. The van der Waals surface area contributed by atoms with Crippen molar-refractivity contribution in [2.24, 2.45) is 0 Å². The third-order valence-corrected chi connectivity index (χ3v) is 3.89. The zero-order chi connectivity index (χ0) is 27.1. The lowest BCUT2D eigenvalue weighted by atomic mass is 10.1. The molecule has 3 heterocycles. The van der Waals surface area contributed by atoms with Crippen molar-refractivity contribution in [3.8, 4) is 17.1 Å². The number of ether oxygens (including phenoxy) is 1. The molecular weight excluding hydrogens is 497 g/mol. The molecular formula is C20H18F5N7O4. The normalized spacial score (nSPS) is 11.1. The first-order valence-corrected chi connectivity index (χ1v) is 9.65. The van der Waals surface area contributed by atoms with E-state index in [0.717, 1.165) is 0 Å². The van der Waals surface area contributed by atoms with Crippen molar-refractivity contribution in [2.75, 3.05) is 17.7 Å². The summed E-state index contributed by atoms with van der Waals surface area (Å²) in [7, 11) is 1.47. The Morgan fingerprint density at radius 2 is 1.69 bits per heavy atom. The first-order chi connectivity index (χ1) is 16.7. The number of carbonyl (C=O) groups excluding carboxylic acids is 1. The lowest BCUT2D eigenvalue weighted by Gasteiger charge is -2.14. The predicted molar refractivity (Wildman–Crippen MR) is 115 cm³/mol. The van der Waals surface area contributed by atoms with E-state index in [9.17, 15) is 26.7 Å². The van der Waals surface area contributed by atoms with E-state index in [2.05, 4.69) is 35.8 Å². The molecule has 0 bridgehead atoms. The fraction of sp³-hybridized carbons (Fsp3) is 0.250. The maximum Gasteiger partial charge on any atom is 0.490 e. The fourth-order valence-corrected chi connectivity index (χ4v) is 2.36. The molecule has 0 aliphatic rings. The van der Waals surface area contributed by atoms with Gasteiger partial charge in [-0.25, -0.2) is 19.7 Å². The van der Waals surface area contributed by atoms with Crippen LogP contribution in [0.3, 0.4) is 0 Å². The Morgan fingerprint density at radius 3 is 2.19 bits per heavy atom. The minimum absolute atomic E-state index is 0.138. The number of pyridine rings is 1. The molecule has 3 N–H and O–H groups in total. The van der Waals surface area contributed by atoms with E-state index in [1.165, 1.54) is 38.6 Å². The highest BCUT2D eigenvalue weighted by Crippen LogP contribution is 2.31. The number of alkyl halides is 5. The maximum atomic E-state index is 13.6. The second-order valence-electron chi connectivity index (χ2n) is 6.84. The summed E-state index contributed by atoms with van der Waals surface area (Å²) in [5.41, 5.74) is 1.38. The van der Waals surface area contributed by atoms with Crippen molar-refractivity contribution < 1.29 is 41.4 Å². The smallest absolute Gasteiger partial charge is 0.480 e. The highest BCUT2D eigenvalue weighted by Gasteiger charge is 2.38. The van der Waals surface area contributed by atoms with Crippen molar-refractivity contribution in [1.29, 1.82) is 0 Å². The average molecular weight is 515 g/mol. The average Bonchev–Trinajstić information content (AvgIpc) is 2.78. The van der Waals surface area contributed by atoms with Crippen molar-refractivity contribution in [3.05, 3.63) is 42.5 Å². The van der Waals surface area contributed by atoms with Crippen molar-refractivity contribution in [2.45, 2.75) is 25.9 Å². The molecule has 0 saturated heterocycles. The highest BCUT2D eigenvalue weighted by molar-refractivity contribution is 5.89. The van der Waals surface area contributed by atoms with Crippen LogP contribution in [0.15, 0.2) is 36.7 Å². The van der Waals surface area contributed by atoms with Gasteiger partial charge in [0.15, 0.2) is 0 Å². The van der Waals surface area contributed by atoms with Crippen molar-refractivity contribution >= 4 is 29.2 Å². The summed E-state index contributed by atoms with van der Waals surface area (Å²) >= 11 is 0. The molecule has 3 aromatic rings. The Morgan fingerprint density at radius 1 is 1.03 bits per heavy atom.